The Morgan fingerprint density at radius 1 is 1.35 bits per heavy atom. The first kappa shape index (κ1) is 12.4. The first-order valence-corrected chi connectivity index (χ1v) is 6.58. The summed E-state index contributed by atoms with van der Waals surface area (Å²) in [5, 5.41) is 1.05. The topological polar surface area (TPSA) is 54.6 Å². The summed E-state index contributed by atoms with van der Waals surface area (Å²) in [5.41, 5.74) is 5.79. The third-order valence-corrected chi connectivity index (χ3v) is 4.41. The van der Waals surface area contributed by atoms with Gasteiger partial charge in [0.15, 0.2) is 16.6 Å². The normalized spacial score (nSPS) is 26.2. The molecule has 1 aromatic rings. The van der Waals surface area contributed by atoms with Crippen molar-refractivity contribution < 1.29 is 4.74 Å². The molecule has 0 radical (unpaired) electrons. The van der Waals surface area contributed by atoms with E-state index in [1.165, 1.54) is 11.5 Å². The smallest absolute Gasteiger partial charge is 0.197 e. The van der Waals surface area contributed by atoms with Crippen molar-refractivity contribution in [1.29, 1.82) is 0 Å². The molecule has 2 unspecified atom stereocenters. The van der Waals surface area contributed by atoms with E-state index in [0.29, 0.717) is 17.9 Å². The fraction of sp³-hybridized carbons (Fsp3) is 0.727. The number of hydrogen-bond donors (Lipinski definition) is 1. The molecule has 0 saturated carbocycles. The molecule has 2 atom stereocenters. The van der Waals surface area contributed by atoms with Crippen LogP contribution in [0.4, 0.5) is 10.8 Å². The van der Waals surface area contributed by atoms with Gasteiger partial charge in [0.05, 0.1) is 7.11 Å². The largest absolute Gasteiger partial charge is 0.490 e. The molecule has 96 valence electrons. The van der Waals surface area contributed by atoms with Crippen LogP contribution in [-0.2, 0) is 0 Å². The fourth-order valence-electron chi connectivity index (χ4n) is 2.25. The maximum absolute atomic E-state index is 5.79. The summed E-state index contributed by atoms with van der Waals surface area (Å²) >= 11 is 1.42. The molecule has 0 amide bonds. The minimum absolute atomic E-state index is 0.492. The lowest BCUT2D eigenvalue weighted by Crippen LogP contribution is -2.54. The zero-order valence-corrected chi connectivity index (χ0v) is 11.6. The number of nitrogens with zero attached hydrogens (tertiary/aromatic N) is 3. The Kier molecular flexibility index (Phi) is 3.44. The van der Waals surface area contributed by atoms with Gasteiger partial charge in [0, 0.05) is 25.2 Å². The monoisotopic (exact) mass is 256 g/mol. The first-order chi connectivity index (χ1) is 8.04. The van der Waals surface area contributed by atoms with Crippen molar-refractivity contribution in [2.45, 2.75) is 25.9 Å². The van der Waals surface area contributed by atoms with Crippen molar-refractivity contribution in [2.75, 3.05) is 37.9 Å². The number of anilines is 2. The van der Waals surface area contributed by atoms with Crippen LogP contribution in [0.25, 0.3) is 0 Å². The van der Waals surface area contributed by atoms with Gasteiger partial charge in [-0.3, -0.25) is 4.90 Å². The molecular weight excluding hydrogens is 236 g/mol. The molecule has 0 bridgehead atoms. The van der Waals surface area contributed by atoms with Gasteiger partial charge < -0.3 is 15.4 Å². The SMILES string of the molecule is COc1c(N)nsc1N1CC(C)N(C)C(C)C1. The molecule has 1 aromatic heterocycles. The highest BCUT2D eigenvalue weighted by Gasteiger charge is 2.29. The second-order valence-corrected chi connectivity index (χ2v) is 5.43. The molecule has 6 heteroatoms. The molecule has 1 aliphatic rings. The Morgan fingerprint density at radius 3 is 2.47 bits per heavy atom. The van der Waals surface area contributed by atoms with Crippen LogP contribution < -0.4 is 15.4 Å². The van der Waals surface area contributed by atoms with Crippen LogP contribution in [0.2, 0.25) is 0 Å². The van der Waals surface area contributed by atoms with Crippen LogP contribution in [0.3, 0.4) is 0 Å². The van der Waals surface area contributed by atoms with Crippen molar-refractivity contribution in [3.05, 3.63) is 0 Å². The van der Waals surface area contributed by atoms with Gasteiger partial charge in [-0.2, -0.15) is 4.37 Å². The molecule has 1 aliphatic heterocycles. The zero-order chi connectivity index (χ0) is 12.6. The van der Waals surface area contributed by atoms with Gasteiger partial charge in [-0.1, -0.05) is 0 Å². The van der Waals surface area contributed by atoms with Gasteiger partial charge in [0.25, 0.3) is 0 Å². The van der Waals surface area contributed by atoms with E-state index in [2.05, 4.69) is 35.1 Å². The minimum atomic E-state index is 0.492. The molecule has 0 aliphatic carbocycles. The predicted molar refractivity (Wildman–Crippen MR) is 72.0 cm³/mol. The van der Waals surface area contributed by atoms with Gasteiger partial charge in [0.2, 0.25) is 0 Å². The Hall–Kier alpha value is -1.01. The van der Waals surface area contributed by atoms with E-state index in [-0.39, 0.29) is 0 Å². The lowest BCUT2D eigenvalue weighted by molar-refractivity contribution is 0.170. The molecule has 1 saturated heterocycles. The van der Waals surface area contributed by atoms with E-state index < -0.39 is 0 Å². The summed E-state index contributed by atoms with van der Waals surface area (Å²) in [5.74, 6) is 1.21. The van der Waals surface area contributed by atoms with E-state index in [0.717, 1.165) is 23.8 Å². The molecule has 2 N–H and O–H groups in total. The molecular formula is C11H20N4OS. The molecule has 1 fully saturated rings. The average molecular weight is 256 g/mol. The van der Waals surface area contributed by atoms with Crippen molar-refractivity contribution in [3.8, 4) is 5.75 Å². The quantitative estimate of drug-likeness (QED) is 0.863. The minimum Gasteiger partial charge on any atom is -0.490 e. The van der Waals surface area contributed by atoms with Crippen molar-refractivity contribution in [3.63, 3.8) is 0 Å². The predicted octanol–water partition coefficient (Wildman–Crippen LogP) is 1.26. The lowest BCUT2D eigenvalue weighted by atomic mass is 10.1. The van der Waals surface area contributed by atoms with Crippen LogP contribution in [0, 0.1) is 0 Å². The van der Waals surface area contributed by atoms with E-state index in [1.807, 2.05) is 0 Å². The zero-order valence-electron chi connectivity index (χ0n) is 10.8. The second kappa shape index (κ2) is 4.70. The maximum atomic E-state index is 5.79. The highest BCUT2D eigenvalue weighted by atomic mass is 32.1. The molecule has 5 nitrogen and oxygen atoms in total. The van der Waals surface area contributed by atoms with Crippen molar-refractivity contribution in [2.24, 2.45) is 0 Å². The Morgan fingerprint density at radius 2 is 1.94 bits per heavy atom. The summed E-state index contributed by atoms with van der Waals surface area (Å²) in [6, 6.07) is 1.04. The van der Waals surface area contributed by atoms with E-state index in [1.54, 1.807) is 7.11 Å². The number of likely N-dealkylation sites (N-methyl/N-ethyl adjacent to an activating group) is 1. The van der Waals surface area contributed by atoms with Gasteiger partial charge in [-0.05, 0) is 32.4 Å². The molecule has 17 heavy (non-hydrogen) atoms. The Bertz CT molecular complexity index is 383. The standard InChI is InChI=1S/C11H20N4OS/c1-7-5-15(6-8(2)14(7)3)11-9(16-4)10(12)13-17-11/h7-8H,5-6H2,1-4H3,(H2,12,13). The molecule has 0 aromatic carbocycles. The third kappa shape index (κ3) is 2.19. The van der Waals surface area contributed by atoms with Crippen molar-refractivity contribution in [1.82, 2.24) is 9.27 Å². The van der Waals surface area contributed by atoms with Crippen LogP contribution >= 0.6 is 11.5 Å². The number of ether oxygens (including phenoxy) is 1. The van der Waals surface area contributed by atoms with Crippen LogP contribution in [-0.4, -0.2) is 48.6 Å². The number of aromatic nitrogens is 1. The van der Waals surface area contributed by atoms with Crippen molar-refractivity contribution >= 4 is 22.4 Å². The first-order valence-electron chi connectivity index (χ1n) is 5.80. The molecule has 2 rings (SSSR count). The molecule has 2 heterocycles. The summed E-state index contributed by atoms with van der Waals surface area (Å²) in [4.78, 5) is 4.72. The number of rotatable bonds is 2. The average Bonchev–Trinajstić information content (AvgIpc) is 2.66. The highest BCUT2D eigenvalue weighted by Crippen LogP contribution is 2.39. The number of methoxy groups -OCH3 is 1. The summed E-state index contributed by atoms with van der Waals surface area (Å²) in [6.07, 6.45) is 0. The van der Waals surface area contributed by atoms with Gasteiger partial charge in [-0.15, -0.1) is 0 Å². The molecule has 0 spiro atoms. The summed E-state index contributed by atoms with van der Waals surface area (Å²) in [6.45, 7) is 6.44. The summed E-state index contributed by atoms with van der Waals surface area (Å²) in [7, 11) is 3.82. The van der Waals surface area contributed by atoms with Crippen LogP contribution in [0.15, 0.2) is 0 Å². The second-order valence-electron chi connectivity index (χ2n) is 4.67. The third-order valence-electron chi connectivity index (χ3n) is 3.51. The van der Waals surface area contributed by atoms with Gasteiger partial charge >= 0.3 is 0 Å². The van der Waals surface area contributed by atoms with E-state index in [9.17, 15) is 0 Å². The highest BCUT2D eigenvalue weighted by molar-refractivity contribution is 7.11. The maximum Gasteiger partial charge on any atom is 0.197 e. The number of nitrogen functional groups attached to an aromatic ring is 1. The summed E-state index contributed by atoms with van der Waals surface area (Å²) < 4.78 is 9.51. The fourth-order valence-corrected chi connectivity index (χ4v) is 3.05. The number of nitrogens with two attached hydrogens (primary N) is 1. The number of piperazine rings is 1. The van der Waals surface area contributed by atoms with E-state index in [4.69, 9.17) is 10.5 Å². The van der Waals surface area contributed by atoms with E-state index >= 15 is 0 Å². The van der Waals surface area contributed by atoms with Gasteiger partial charge in [-0.25, -0.2) is 0 Å². The van der Waals surface area contributed by atoms with Gasteiger partial charge in [0.1, 0.15) is 0 Å². The van der Waals surface area contributed by atoms with Crippen LogP contribution in [0.5, 0.6) is 5.75 Å². The van der Waals surface area contributed by atoms with Crippen LogP contribution in [0.1, 0.15) is 13.8 Å². The number of hydrogen-bond acceptors (Lipinski definition) is 6. The Labute approximate surface area is 106 Å². The lowest BCUT2D eigenvalue weighted by Gasteiger charge is -2.42. The Balaban J connectivity index is 2.23.